The first-order chi connectivity index (χ1) is 14.5. The van der Waals surface area contributed by atoms with E-state index in [4.69, 9.17) is 4.74 Å². The van der Waals surface area contributed by atoms with Crippen molar-refractivity contribution >= 4 is 23.2 Å². The summed E-state index contributed by atoms with van der Waals surface area (Å²) < 4.78 is 4.92. The van der Waals surface area contributed by atoms with Crippen LogP contribution in [0.2, 0.25) is 0 Å². The molecule has 3 rings (SSSR count). The molecule has 2 aromatic carbocycles. The van der Waals surface area contributed by atoms with Crippen molar-refractivity contribution in [3.05, 3.63) is 87.4 Å². The molecule has 0 aliphatic carbocycles. The number of benzene rings is 2. The second-order valence-electron chi connectivity index (χ2n) is 7.31. The van der Waals surface area contributed by atoms with Gasteiger partial charge in [-0.05, 0) is 37.8 Å². The fourth-order valence-electron chi connectivity index (χ4n) is 3.28. The molecule has 0 radical (unpaired) electrons. The Morgan fingerprint density at radius 3 is 2.27 bits per heavy atom. The topological polar surface area (TPSA) is 68.3 Å². The molecule has 2 atom stereocenters. The molecule has 0 saturated carbocycles. The Morgan fingerprint density at radius 1 is 1.00 bits per heavy atom. The number of carbonyl (C=O) groups is 2. The minimum atomic E-state index is -0.919. The van der Waals surface area contributed by atoms with Crippen LogP contribution in [0.15, 0.2) is 60.0 Å². The predicted octanol–water partition coefficient (Wildman–Crippen LogP) is 4.19. The summed E-state index contributed by atoms with van der Waals surface area (Å²) in [5.74, 6) is -1.81. The van der Waals surface area contributed by atoms with Crippen LogP contribution in [0.3, 0.4) is 0 Å². The molecule has 1 N–H and O–H groups in total. The molecule has 156 valence electrons. The number of carbonyl (C=O) groups excluding carboxylic acids is 2. The van der Waals surface area contributed by atoms with Gasteiger partial charge in [0, 0.05) is 5.38 Å². The van der Waals surface area contributed by atoms with Gasteiger partial charge in [-0.1, -0.05) is 60.2 Å². The van der Waals surface area contributed by atoms with Gasteiger partial charge in [-0.3, -0.25) is 9.59 Å². The number of nitrogens with zero attached hydrogens (tertiary/aromatic N) is 1. The maximum atomic E-state index is 13.1. The third-order valence-electron chi connectivity index (χ3n) is 4.96. The molecule has 0 bridgehead atoms. The number of rotatable bonds is 8. The van der Waals surface area contributed by atoms with E-state index in [1.807, 2.05) is 61.7 Å². The Balaban J connectivity index is 1.82. The van der Waals surface area contributed by atoms with E-state index in [9.17, 15) is 9.59 Å². The normalized spacial score (nSPS) is 12.8. The summed E-state index contributed by atoms with van der Waals surface area (Å²) in [6, 6.07) is 17.4. The van der Waals surface area contributed by atoms with E-state index in [0.717, 1.165) is 21.8 Å². The smallest absolute Gasteiger partial charge is 0.318 e. The van der Waals surface area contributed by atoms with Crippen molar-refractivity contribution in [3.8, 4) is 0 Å². The van der Waals surface area contributed by atoms with Crippen LogP contribution in [0.25, 0.3) is 0 Å². The number of amides is 1. The van der Waals surface area contributed by atoms with E-state index in [2.05, 4.69) is 22.4 Å². The van der Waals surface area contributed by atoms with E-state index in [1.165, 1.54) is 12.7 Å². The van der Waals surface area contributed by atoms with Crippen molar-refractivity contribution in [3.63, 3.8) is 0 Å². The highest BCUT2D eigenvalue weighted by atomic mass is 32.1. The molecule has 0 aliphatic rings. The second-order valence-corrected chi connectivity index (χ2v) is 8.37. The van der Waals surface area contributed by atoms with Crippen molar-refractivity contribution < 1.29 is 14.3 Å². The number of thiazole rings is 1. The van der Waals surface area contributed by atoms with Crippen LogP contribution in [0.1, 0.15) is 33.4 Å². The molecule has 0 fully saturated rings. The number of ether oxygens (including phenoxy) is 1. The molecule has 6 heteroatoms. The average Bonchev–Trinajstić information content (AvgIpc) is 3.19. The number of nitrogens with one attached hydrogen (secondary N) is 1. The van der Waals surface area contributed by atoms with Crippen molar-refractivity contribution in [2.24, 2.45) is 5.92 Å². The molecule has 0 spiro atoms. The quantitative estimate of drug-likeness (QED) is 0.437. The van der Waals surface area contributed by atoms with Gasteiger partial charge in [0.1, 0.15) is 5.92 Å². The van der Waals surface area contributed by atoms with Crippen LogP contribution in [0.4, 0.5) is 0 Å². The van der Waals surface area contributed by atoms with Gasteiger partial charge in [0.2, 0.25) is 5.91 Å². The summed E-state index contributed by atoms with van der Waals surface area (Å²) in [5, 5.41) is 5.94. The Kier molecular flexibility index (Phi) is 7.36. The summed E-state index contributed by atoms with van der Waals surface area (Å²) in [7, 11) is 1.31. The maximum Gasteiger partial charge on any atom is 0.318 e. The Morgan fingerprint density at radius 2 is 1.67 bits per heavy atom. The standard InChI is InChI=1S/C24H26N2O3S/c1-16-9-11-19(12-10-16)14-21(22-15-30-17(2)25-22)26-23(27)20(24(28)29-3)13-18-7-5-4-6-8-18/h4-12,15,20-21H,13-14H2,1-3H3,(H,26,27)/t20-,21-/m0/s1. The number of aromatic nitrogens is 1. The summed E-state index contributed by atoms with van der Waals surface area (Å²) in [4.78, 5) is 30.1. The molecule has 5 nitrogen and oxygen atoms in total. The first-order valence-electron chi connectivity index (χ1n) is 9.86. The summed E-state index contributed by atoms with van der Waals surface area (Å²) >= 11 is 1.54. The van der Waals surface area contributed by atoms with Gasteiger partial charge in [-0.25, -0.2) is 4.98 Å². The number of esters is 1. The Labute approximate surface area is 181 Å². The maximum absolute atomic E-state index is 13.1. The largest absolute Gasteiger partial charge is 0.468 e. The average molecular weight is 423 g/mol. The van der Waals surface area contributed by atoms with E-state index in [-0.39, 0.29) is 18.4 Å². The Hall–Kier alpha value is -2.99. The summed E-state index contributed by atoms with van der Waals surface area (Å²) in [6.45, 7) is 3.98. The first-order valence-corrected chi connectivity index (χ1v) is 10.7. The van der Waals surface area contributed by atoms with Gasteiger partial charge in [0.15, 0.2) is 0 Å². The molecule has 1 aromatic heterocycles. The van der Waals surface area contributed by atoms with Crippen LogP contribution >= 0.6 is 11.3 Å². The Bertz CT molecular complexity index is 983. The van der Waals surface area contributed by atoms with Crippen LogP contribution in [0.5, 0.6) is 0 Å². The van der Waals surface area contributed by atoms with Gasteiger partial charge in [0.05, 0.1) is 23.9 Å². The third-order valence-corrected chi connectivity index (χ3v) is 5.75. The van der Waals surface area contributed by atoms with Gasteiger partial charge >= 0.3 is 5.97 Å². The predicted molar refractivity (Wildman–Crippen MR) is 118 cm³/mol. The number of hydrogen-bond donors (Lipinski definition) is 1. The van der Waals surface area contributed by atoms with Crippen molar-refractivity contribution in [2.45, 2.75) is 32.7 Å². The van der Waals surface area contributed by atoms with Crippen molar-refractivity contribution in [1.82, 2.24) is 10.3 Å². The molecule has 1 amide bonds. The minimum absolute atomic E-state index is 0.284. The molecule has 30 heavy (non-hydrogen) atoms. The van der Waals surface area contributed by atoms with Crippen molar-refractivity contribution in [2.75, 3.05) is 7.11 Å². The molecular weight excluding hydrogens is 396 g/mol. The first kappa shape index (κ1) is 21.7. The highest BCUT2D eigenvalue weighted by Gasteiger charge is 2.30. The van der Waals surface area contributed by atoms with Crippen molar-refractivity contribution in [1.29, 1.82) is 0 Å². The lowest BCUT2D eigenvalue weighted by Crippen LogP contribution is -2.40. The summed E-state index contributed by atoms with van der Waals surface area (Å²) in [6.07, 6.45) is 0.876. The molecule has 0 aliphatic heterocycles. The van der Waals surface area contributed by atoms with Crippen LogP contribution in [-0.4, -0.2) is 24.0 Å². The lowest BCUT2D eigenvalue weighted by molar-refractivity contribution is -0.150. The van der Waals surface area contributed by atoms with Gasteiger partial charge in [0.25, 0.3) is 0 Å². The molecular formula is C24H26N2O3S. The van der Waals surface area contributed by atoms with E-state index in [0.29, 0.717) is 6.42 Å². The van der Waals surface area contributed by atoms with Crippen LogP contribution < -0.4 is 5.32 Å². The number of methoxy groups -OCH3 is 1. The second kappa shape index (κ2) is 10.2. The molecule has 0 unspecified atom stereocenters. The van der Waals surface area contributed by atoms with E-state index in [1.54, 1.807) is 11.3 Å². The zero-order valence-corrected chi connectivity index (χ0v) is 18.2. The highest BCUT2D eigenvalue weighted by Crippen LogP contribution is 2.22. The van der Waals surface area contributed by atoms with E-state index >= 15 is 0 Å². The van der Waals surface area contributed by atoms with Crippen LogP contribution in [-0.2, 0) is 27.2 Å². The van der Waals surface area contributed by atoms with Crippen LogP contribution in [0, 0.1) is 19.8 Å². The summed E-state index contributed by atoms with van der Waals surface area (Å²) in [5.41, 5.74) is 3.98. The van der Waals surface area contributed by atoms with Gasteiger partial charge in [-0.2, -0.15) is 0 Å². The highest BCUT2D eigenvalue weighted by molar-refractivity contribution is 7.09. The monoisotopic (exact) mass is 422 g/mol. The third kappa shape index (κ3) is 5.76. The van der Waals surface area contributed by atoms with Gasteiger partial charge in [-0.15, -0.1) is 11.3 Å². The molecule has 0 saturated heterocycles. The number of aryl methyl sites for hydroxylation is 2. The number of hydrogen-bond acceptors (Lipinski definition) is 5. The van der Waals surface area contributed by atoms with Gasteiger partial charge < -0.3 is 10.1 Å². The molecule has 1 heterocycles. The lowest BCUT2D eigenvalue weighted by Gasteiger charge is -2.21. The fourth-order valence-corrected chi connectivity index (χ4v) is 3.94. The SMILES string of the molecule is COC(=O)[C@@H](Cc1ccccc1)C(=O)N[C@@H](Cc1ccc(C)cc1)c1csc(C)n1. The zero-order chi connectivity index (χ0) is 21.5. The van der Waals surface area contributed by atoms with E-state index < -0.39 is 11.9 Å². The fraction of sp³-hybridized carbons (Fsp3) is 0.292. The minimum Gasteiger partial charge on any atom is -0.468 e. The lowest BCUT2D eigenvalue weighted by atomic mass is 9.97. The zero-order valence-electron chi connectivity index (χ0n) is 17.4. The molecule has 3 aromatic rings.